The summed E-state index contributed by atoms with van der Waals surface area (Å²) in [5, 5.41) is 6.45. The summed E-state index contributed by atoms with van der Waals surface area (Å²) in [6.07, 6.45) is 2.12. The van der Waals surface area contributed by atoms with Gasteiger partial charge in [-0.2, -0.15) is 0 Å². The molecule has 1 heterocycles. The summed E-state index contributed by atoms with van der Waals surface area (Å²) in [6, 6.07) is 0.389. The van der Waals surface area contributed by atoms with Crippen molar-refractivity contribution in [3.63, 3.8) is 0 Å². The highest BCUT2D eigenvalue weighted by molar-refractivity contribution is 7.13. The molecule has 5 nitrogen and oxygen atoms in total. The molecule has 1 atom stereocenters. The van der Waals surface area contributed by atoms with Gasteiger partial charge in [-0.1, -0.05) is 13.8 Å². The maximum absolute atomic E-state index is 11.1. The number of methoxy groups -OCH3 is 1. The summed E-state index contributed by atoms with van der Waals surface area (Å²) in [7, 11) is 5.57. The predicted octanol–water partition coefficient (Wildman–Crippen LogP) is 2.64. The van der Waals surface area contributed by atoms with E-state index in [1.165, 1.54) is 7.11 Å². The van der Waals surface area contributed by atoms with Crippen LogP contribution in [0.2, 0.25) is 0 Å². The molecule has 0 bridgehead atoms. The molecule has 0 fully saturated rings. The molecule has 1 aromatic heterocycles. The van der Waals surface area contributed by atoms with E-state index in [4.69, 9.17) is 0 Å². The van der Waals surface area contributed by atoms with Crippen LogP contribution in [0, 0.1) is 5.92 Å². The summed E-state index contributed by atoms with van der Waals surface area (Å²) in [5.74, 6) is 0.448. The Bertz CT molecular complexity index is 422. The second-order valence-electron chi connectivity index (χ2n) is 5.95. The number of carbonyl (C=O) groups excluding carboxylic acids is 1. The monoisotopic (exact) mass is 313 g/mol. The Kier molecular flexibility index (Phi) is 7.67. The number of ether oxygens (including phenoxy) is 1. The lowest BCUT2D eigenvalue weighted by Gasteiger charge is -2.23. The van der Waals surface area contributed by atoms with Gasteiger partial charge >= 0.3 is 5.97 Å². The number of anilines is 1. The third-order valence-electron chi connectivity index (χ3n) is 3.03. The van der Waals surface area contributed by atoms with Crippen molar-refractivity contribution in [1.29, 1.82) is 0 Å². The van der Waals surface area contributed by atoms with Crippen LogP contribution in [0.25, 0.3) is 0 Å². The average molecular weight is 313 g/mol. The van der Waals surface area contributed by atoms with Crippen LogP contribution in [0.15, 0.2) is 5.38 Å². The first-order valence-electron chi connectivity index (χ1n) is 7.33. The Morgan fingerprint density at radius 3 is 2.76 bits per heavy atom. The molecule has 21 heavy (non-hydrogen) atoms. The number of nitrogens with zero attached hydrogens (tertiary/aromatic N) is 2. The fraction of sp³-hybridized carbons (Fsp3) is 0.733. The third kappa shape index (κ3) is 7.43. The van der Waals surface area contributed by atoms with Crippen LogP contribution >= 0.6 is 11.3 Å². The molecule has 0 spiro atoms. The molecule has 0 aliphatic rings. The van der Waals surface area contributed by atoms with Gasteiger partial charge in [-0.25, -0.2) is 4.98 Å². The van der Waals surface area contributed by atoms with Crippen LogP contribution in [0.3, 0.4) is 0 Å². The Morgan fingerprint density at radius 2 is 2.19 bits per heavy atom. The van der Waals surface area contributed by atoms with E-state index in [1.54, 1.807) is 11.3 Å². The number of hydrogen-bond donors (Lipinski definition) is 1. The number of esters is 1. The molecule has 1 aromatic rings. The van der Waals surface area contributed by atoms with Gasteiger partial charge in [0.25, 0.3) is 0 Å². The topological polar surface area (TPSA) is 54.5 Å². The van der Waals surface area contributed by atoms with Crippen molar-refractivity contribution in [3.05, 3.63) is 11.1 Å². The van der Waals surface area contributed by atoms with E-state index in [9.17, 15) is 4.79 Å². The first-order valence-corrected chi connectivity index (χ1v) is 8.21. The van der Waals surface area contributed by atoms with Crippen LogP contribution in [-0.4, -0.2) is 49.6 Å². The first kappa shape index (κ1) is 17.9. The number of rotatable bonds is 9. The van der Waals surface area contributed by atoms with Gasteiger partial charge in [0.1, 0.15) is 0 Å². The van der Waals surface area contributed by atoms with Crippen molar-refractivity contribution < 1.29 is 9.53 Å². The fourth-order valence-corrected chi connectivity index (χ4v) is 3.01. The SMILES string of the molecule is COC(=O)CCc1csc(NC(CC(C)C)CN(C)C)n1. The van der Waals surface area contributed by atoms with Crippen LogP contribution in [0.5, 0.6) is 0 Å². The smallest absolute Gasteiger partial charge is 0.305 e. The molecule has 1 rings (SSSR count). The van der Waals surface area contributed by atoms with Crippen LogP contribution < -0.4 is 5.32 Å². The van der Waals surface area contributed by atoms with Gasteiger partial charge in [-0.05, 0) is 26.4 Å². The van der Waals surface area contributed by atoms with Gasteiger partial charge in [-0.3, -0.25) is 4.79 Å². The molecule has 1 N–H and O–H groups in total. The molecule has 0 radical (unpaired) electrons. The van der Waals surface area contributed by atoms with Gasteiger partial charge in [0.15, 0.2) is 5.13 Å². The highest BCUT2D eigenvalue weighted by atomic mass is 32.1. The average Bonchev–Trinajstić information content (AvgIpc) is 2.81. The number of aromatic nitrogens is 1. The molecule has 120 valence electrons. The summed E-state index contributed by atoms with van der Waals surface area (Å²) in [5.41, 5.74) is 0.945. The van der Waals surface area contributed by atoms with Crippen molar-refractivity contribution >= 4 is 22.4 Å². The summed E-state index contributed by atoms with van der Waals surface area (Å²) in [6.45, 7) is 5.44. The minimum Gasteiger partial charge on any atom is -0.469 e. The lowest BCUT2D eigenvalue weighted by atomic mass is 10.0. The lowest BCUT2D eigenvalue weighted by Crippen LogP contribution is -2.33. The molecule has 6 heteroatoms. The van der Waals surface area contributed by atoms with Crippen molar-refractivity contribution in [2.45, 2.75) is 39.2 Å². The fourth-order valence-electron chi connectivity index (χ4n) is 2.18. The molecule has 0 amide bonds. The highest BCUT2D eigenvalue weighted by Gasteiger charge is 2.14. The Hall–Kier alpha value is -1.14. The number of likely N-dealkylation sites (N-methyl/N-ethyl adjacent to an activating group) is 1. The molecule has 0 aromatic carbocycles. The highest BCUT2D eigenvalue weighted by Crippen LogP contribution is 2.19. The van der Waals surface area contributed by atoms with E-state index >= 15 is 0 Å². The van der Waals surface area contributed by atoms with E-state index in [0.29, 0.717) is 24.8 Å². The Balaban J connectivity index is 2.55. The minimum atomic E-state index is -0.192. The van der Waals surface area contributed by atoms with Crippen LogP contribution in [0.4, 0.5) is 5.13 Å². The second kappa shape index (κ2) is 9.00. The molecule has 0 saturated heterocycles. The Morgan fingerprint density at radius 1 is 1.48 bits per heavy atom. The summed E-state index contributed by atoms with van der Waals surface area (Å²) < 4.78 is 4.65. The van der Waals surface area contributed by atoms with Gasteiger partial charge in [-0.15, -0.1) is 11.3 Å². The van der Waals surface area contributed by atoms with Gasteiger partial charge in [0.2, 0.25) is 0 Å². The molecule has 1 unspecified atom stereocenters. The maximum atomic E-state index is 11.1. The molecular formula is C15H27N3O2S. The van der Waals surface area contributed by atoms with Crippen molar-refractivity contribution in [3.8, 4) is 0 Å². The van der Waals surface area contributed by atoms with Gasteiger partial charge < -0.3 is 15.0 Å². The number of thiazole rings is 1. The molecule has 0 aliphatic heterocycles. The lowest BCUT2D eigenvalue weighted by molar-refractivity contribution is -0.140. The number of hydrogen-bond acceptors (Lipinski definition) is 6. The van der Waals surface area contributed by atoms with E-state index in [2.05, 4.69) is 47.9 Å². The number of aryl methyl sites for hydroxylation is 1. The molecule has 0 saturated carbocycles. The third-order valence-corrected chi connectivity index (χ3v) is 3.86. The van der Waals surface area contributed by atoms with E-state index in [-0.39, 0.29) is 5.97 Å². The van der Waals surface area contributed by atoms with E-state index in [1.807, 2.05) is 5.38 Å². The second-order valence-corrected chi connectivity index (χ2v) is 6.81. The Labute approximate surface area is 131 Å². The molecule has 0 aliphatic carbocycles. The zero-order chi connectivity index (χ0) is 15.8. The van der Waals surface area contributed by atoms with Crippen molar-refractivity contribution in [2.24, 2.45) is 5.92 Å². The number of carbonyl (C=O) groups is 1. The zero-order valence-corrected chi connectivity index (χ0v) is 14.5. The van der Waals surface area contributed by atoms with Crippen LogP contribution in [0.1, 0.15) is 32.4 Å². The van der Waals surface area contributed by atoms with Crippen molar-refractivity contribution in [2.75, 3.05) is 33.1 Å². The normalized spacial score (nSPS) is 12.7. The van der Waals surface area contributed by atoms with E-state index in [0.717, 1.165) is 23.8 Å². The summed E-state index contributed by atoms with van der Waals surface area (Å²) >= 11 is 1.60. The quantitative estimate of drug-likeness (QED) is 0.710. The van der Waals surface area contributed by atoms with E-state index < -0.39 is 0 Å². The minimum absolute atomic E-state index is 0.192. The molecular weight excluding hydrogens is 286 g/mol. The summed E-state index contributed by atoms with van der Waals surface area (Å²) in [4.78, 5) is 17.9. The first-order chi connectivity index (χ1) is 9.90. The largest absolute Gasteiger partial charge is 0.469 e. The predicted molar refractivity (Wildman–Crippen MR) is 87.9 cm³/mol. The standard InChI is InChI=1S/C15H27N3O2S/c1-11(2)8-13(9-18(3)4)17-15-16-12(10-21-15)6-7-14(19)20-5/h10-11,13H,6-9H2,1-5H3,(H,16,17). The van der Waals surface area contributed by atoms with Gasteiger partial charge in [0.05, 0.1) is 19.2 Å². The number of nitrogens with one attached hydrogen (secondary N) is 1. The van der Waals surface area contributed by atoms with Crippen molar-refractivity contribution in [1.82, 2.24) is 9.88 Å². The van der Waals surface area contributed by atoms with Crippen LogP contribution in [-0.2, 0) is 16.0 Å². The van der Waals surface area contributed by atoms with Gasteiger partial charge in [0, 0.05) is 24.4 Å². The maximum Gasteiger partial charge on any atom is 0.305 e. The zero-order valence-electron chi connectivity index (χ0n) is 13.7.